The van der Waals surface area contributed by atoms with Crippen LogP contribution in [0.5, 0.6) is 0 Å². The van der Waals surface area contributed by atoms with E-state index in [1.165, 1.54) is 19.8 Å². The summed E-state index contributed by atoms with van der Waals surface area (Å²) in [5.74, 6) is 0.542. The summed E-state index contributed by atoms with van der Waals surface area (Å²) in [5.41, 5.74) is 1.34. The third-order valence-corrected chi connectivity index (χ3v) is 3.71. The topological polar surface area (TPSA) is 70.2 Å². The molecule has 1 fully saturated rings. The van der Waals surface area contributed by atoms with Gasteiger partial charge in [-0.15, -0.1) is 0 Å². The van der Waals surface area contributed by atoms with Crippen LogP contribution in [-0.4, -0.2) is 18.0 Å². The average Bonchev–Trinajstić information content (AvgIpc) is 2.37. The van der Waals surface area contributed by atoms with E-state index in [2.05, 4.69) is 22.9 Å². The number of benzene rings is 1. The van der Waals surface area contributed by atoms with E-state index in [9.17, 15) is 9.59 Å². The maximum Gasteiger partial charge on any atom is 0.319 e. The molecule has 1 aliphatic carbocycles. The maximum absolute atomic E-state index is 12.0. The molecule has 5 heteroatoms. The van der Waals surface area contributed by atoms with Crippen molar-refractivity contribution < 1.29 is 9.59 Å². The molecule has 3 amide bonds. The minimum atomic E-state index is -0.186. The van der Waals surface area contributed by atoms with Gasteiger partial charge >= 0.3 is 6.03 Å². The minimum Gasteiger partial charge on any atom is -0.335 e. The molecule has 2 atom stereocenters. The summed E-state index contributed by atoms with van der Waals surface area (Å²) in [4.78, 5) is 23.0. The fraction of sp³-hybridized carbons (Fsp3) is 0.500. The number of rotatable bonds is 3. The highest BCUT2D eigenvalue weighted by Gasteiger charge is 2.20. The van der Waals surface area contributed by atoms with E-state index in [0.29, 0.717) is 17.3 Å². The third kappa shape index (κ3) is 5.10. The molecule has 3 N–H and O–H groups in total. The van der Waals surface area contributed by atoms with Gasteiger partial charge in [0.15, 0.2) is 0 Å². The number of hydrogen-bond donors (Lipinski definition) is 3. The van der Waals surface area contributed by atoms with Crippen LogP contribution in [0.2, 0.25) is 0 Å². The quantitative estimate of drug-likeness (QED) is 0.798. The van der Waals surface area contributed by atoms with Crippen LogP contribution in [0.4, 0.5) is 16.2 Å². The summed E-state index contributed by atoms with van der Waals surface area (Å²) in [6.07, 6.45) is 4.51. The Balaban J connectivity index is 1.88. The normalized spacial score (nSPS) is 21.4. The van der Waals surface area contributed by atoms with E-state index < -0.39 is 0 Å². The second kappa shape index (κ2) is 7.11. The summed E-state index contributed by atoms with van der Waals surface area (Å²) in [7, 11) is 0. The average molecular weight is 289 g/mol. The zero-order valence-electron chi connectivity index (χ0n) is 12.6. The van der Waals surface area contributed by atoms with E-state index in [1.54, 1.807) is 24.3 Å². The molecule has 1 saturated carbocycles. The predicted octanol–water partition coefficient (Wildman–Crippen LogP) is 3.35. The lowest BCUT2D eigenvalue weighted by Gasteiger charge is -2.27. The molecule has 0 saturated heterocycles. The van der Waals surface area contributed by atoms with Crippen molar-refractivity contribution in [3.05, 3.63) is 24.3 Å². The van der Waals surface area contributed by atoms with Crippen molar-refractivity contribution in [3.63, 3.8) is 0 Å². The van der Waals surface area contributed by atoms with Crippen LogP contribution < -0.4 is 16.0 Å². The lowest BCUT2D eigenvalue weighted by molar-refractivity contribution is -0.114. The zero-order chi connectivity index (χ0) is 15.2. The molecule has 5 nitrogen and oxygen atoms in total. The first-order chi connectivity index (χ1) is 10.0. The molecule has 0 heterocycles. The molecule has 0 radical (unpaired) electrons. The van der Waals surface area contributed by atoms with Gasteiger partial charge in [-0.2, -0.15) is 0 Å². The second-order valence-corrected chi connectivity index (χ2v) is 5.83. The van der Waals surface area contributed by atoms with Crippen LogP contribution in [0.25, 0.3) is 0 Å². The fourth-order valence-electron chi connectivity index (χ4n) is 2.80. The van der Waals surface area contributed by atoms with Gasteiger partial charge in [-0.1, -0.05) is 25.8 Å². The minimum absolute atomic E-state index is 0.132. The van der Waals surface area contributed by atoms with Crippen LogP contribution >= 0.6 is 0 Å². The van der Waals surface area contributed by atoms with E-state index >= 15 is 0 Å². The number of carbonyl (C=O) groups excluding carboxylic acids is 2. The fourth-order valence-corrected chi connectivity index (χ4v) is 2.80. The summed E-state index contributed by atoms with van der Waals surface area (Å²) in [6, 6.07) is 7.19. The third-order valence-electron chi connectivity index (χ3n) is 3.71. The Labute approximate surface area is 125 Å². The Morgan fingerprint density at radius 3 is 2.52 bits per heavy atom. The molecule has 0 unspecified atom stereocenters. The molecule has 0 aromatic heterocycles. The number of hydrogen-bond acceptors (Lipinski definition) is 2. The molecule has 1 aromatic rings. The molecule has 2 rings (SSSR count). The van der Waals surface area contributed by atoms with Gasteiger partial charge in [-0.05, 0) is 37.0 Å². The van der Waals surface area contributed by atoms with Crippen molar-refractivity contribution in [1.29, 1.82) is 0 Å². The largest absolute Gasteiger partial charge is 0.335 e. The van der Waals surface area contributed by atoms with Crippen molar-refractivity contribution in [3.8, 4) is 0 Å². The summed E-state index contributed by atoms with van der Waals surface area (Å²) >= 11 is 0. The van der Waals surface area contributed by atoms with Gasteiger partial charge in [-0.25, -0.2) is 4.79 Å². The first-order valence-electron chi connectivity index (χ1n) is 7.48. The number of anilines is 2. The van der Waals surface area contributed by atoms with Gasteiger partial charge in [0.2, 0.25) is 5.91 Å². The number of amides is 3. The van der Waals surface area contributed by atoms with Crippen LogP contribution in [-0.2, 0) is 4.79 Å². The van der Waals surface area contributed by atoms with Gasteiger partial charge in [-0.3, -0.25) is 4.79 Å². The number of carbonyl (C=O) groups is 2. The molecule has 114 valence electrons. The first-order valence-corrected chi connectivity index (χ1v) is 7.48. The zero-order valence-corrected chi connectivity index (χ0v) is 12.6. The van der Waals surface area contributed by atoms with Crippen molar-refractivity contribution >= 4 is 23.3 Å². The highest BCUT2D eigenvalue weighted by atomic mass is 16.2. The van der Waals surface area contributed by atoms with Crippen LogP contribution in [0.3, 0.4) is 0 Å². The first kappa shape index (κ1) is 15.4. The Morgan fingerprint density at radius 1 is 1.14 bits per heavy atom. The Kier molecular flexibility index (Phi) is 5.20. The smallest absolute Gasteiger partial charge is 0.319 e. The van der Waals surface area contributed by atoms with Crippen LogP contribution in [0, 0.1) is 5.92 Å². The van der Waals surface area contributed by atoms with E-state index in [-0.39, 0.29) is 18.0 Å². The molecular weight excluding hydrogens is 266 g/mol. The van der Waals surface area contributed by atoms with Crippen molar-refractivity contribution in [2.24, 2.45) is 5.92 Å². The van der Waals surface area contributed by atoms with Crippen LogP contribution in [0.15, 0.2) is 24.3 Å². The van der Waals surface area contributed by atoms with Gasteiger partial charge < -0.3 is 16.0 Å². The second-order valence-electron chi connectivity index (χ2n) is 5.83. The van der Waals surface area contributed by atoms with E-state index in [0.717, 1.165) is 12.8 Å². The number of nitrogens with one attached hydrogen (secondary N) is 3. The predicted molar refractivity (Wildman–Crippen MR) is 84.3 cm³/mol. The highest BCUT2D eigenvalue weighted by Crippen LogP contribution is 2.23. The monoisotopic (exact) mass is 289 g/mol. The van der Waals surface area contributed by atoms with E-state index in [4.69, 9.17) is 0 Å². The summed E-state index contributed by atoms with van der Waals surface area (Å²) in [5, 5.41) is 8.53. The van der Waals surface area contributed by atoms with Crippen LogP contribution in [0.1, 0.15) is 39.5 Å². The van der Waals surface area contributed by atoms with Gasteiger partial charge in [0, 0.05) is 24.3 Å². The lowest BCUT2D eigenvalue weighted by atomic mass is 9.87. The molecule has 1 aromatic carbocycles. The van der Waals surface area contributed by atoms with Gasteiger partial charge in [0.25, 0.3) is 0 Å². The Morgan fingerprint density at radius 2 is 1.86 bits per heavy atom. The highest BCUT2D eigenvalue weighted by molar-refractivity contribution is 5.92. The molecule has 0 spiro atoms. The molecule has 0 aliphatic heterocycles. The molecular formula is C16H23N3O2. The van der Waals surface area contributed by atoms with E-state index in [1.807, 2.05) is 0 Å². The van der Waals surface area contributed by atoms with Gasteiger partial charge in [0.1, 0.15) is 0 Å². The van der Waals surface area contributed by atoms with Gasteiger partial charge in [0.05, 0.1) is 0 Å². The number of urea groups is 1. The van der Waals surface area contributed by atoms with Crippen molar-refractivity contribution in [2.75, 3.05) is 10.6 Å². The summed E-state index contributed by atoms with van der Waals surface area (Å²) in [6.45, 7) is 3.68. The lowest BCUT2D eigenvalue weighted by Crippen LogP contribution is -2.40. The summed E-state index contributed by atoms with van der Waals surface area (Å²) < 4.78 is 0. The van der Waals surface area contributed by atoms with Crippen molar-refractivity contribution in [1.82, 2.24) is 5.32 Å². The SMILES string of the molecule is CC(=O)Nc1cccc(NC(=O)N[C@@H]2CCC[C@H](C)C2)c1. The molecule has 0 bridgehead atoms. The van der Waals surface area contributed by atoms with Crippen molar-refractivity contribution in [2.45, 2.75) is 45.6 Å². The maximum atomic E-state index is 12.0. The Bertz CT molecular complexity index is 516. The Hall–Kier alpha value is -2.04. The molecule has 21 heavy (non-hydrogen) atoms. The molecule has 1 aliphatic rings. The standard InChI is InChI=1S/C16H23N3O2/c1-11-5-3-6-13(9-11)18-16(21)19-15-8-4-7-14(10-15)17-12(2)20/h4,7-8,10-11,13H,3,5-6,9H2,1-2H3,(H,17,20)(H2,18,19,21)/t11-,13+/m0/s1.